The Morgan fingerprint density at radius 1 is 1.12 bits per heavy atom. The second-order valence-corrected chi connectivity index (χ2v) is 6.56. The summed E-state index contributed by atoms with van der Waals surface area (Å²) in [5, 5.41) is 3.07. The fraction of sp³-hybridized carbons (Fsp3) is 0.350. The number of nitrogens with one attached hydrogen (secondary N) is 1. The van der Waals surface area contributed by atoms with Gasteiger partial charge in [0.15, 0.2) is 0 Å². The molecule has 0 spiro atoms. The van der Waals surface area contributed by atoms with E-state index >= 15 is 0 Å². The average molecular weight is 326 g/mol. The van der Waals surface area contributed by atoms with Crippen LogP contribution < -0.4 is 11.1 Å². The number of amides is 1. The third-order valence-corrected chi connectivity index (χ3v) is 4.76. The maximum atomic E-state index is 13.0. The van der Waals surface area contributed by atoms with Crippen molar-refractivity contribution in [1.82, 2.24) is 5.32 Å². The van der Waals surface area contributed by atoms with Crippen molar-refractivity contribution in [3.8, 4) is 0 Å². The minimum atomic E-state index is -0.530. The predicted molar refractivity (Wildman–Crippen MR) is 93.0 cm³/mol. The summed E-state index contributed by atoms with van der Waals surface area (Å²) in [6.45, 7) is 0. The van der Waals surface area contributed by atoms with Gasteiger partial charge in [0, 0.05) is 6.04 Å². The first-order chi connectivity index (χ1) is 11.6. The van der Waals surface area contributed by atoms with Crippen LogP contribution in [0.1, 0.15) is 36.3 Å². The highest BCUT2D eigenvalue weighted by Crippen LogP contribution is 2.34. The summed E-state index contributed by atoms with van der Waals surface area (Å²) in [7, 11) is 0. The molecule has 1 fully saturated rings. The van der Waals surface area contributed by atoms with Gasteiger partial charge in [-0.2, -0.15) is 0 Å². The number of carbonyl (C=O) groups is 1. The minimum Gasteiger partial charge on any atom is -0.352 e. The van der Waals surface area contributed by atoms with Gasteiger partial charge >= 0.3 is 0 Å². The van der Waals surface area contributed by atoms with Gasteiger partial charge in [-0.3, -0.25) is 4.79 Å². The first-order valence-electron chi connectivity index (χ1n) is 8.47. The molecule has 24 heavy (non-hydrogen) atoms. The molecule has 1 amide bonds. The SMILES string of the molecule is N[C@H](Cc1ccccc1)C(=O)NC1CCC(c2ccc(F)cc2)C1. The summed E-state index contributed by atoms with van der Waals surface area (Å²) in [6.07, 6.45) is 3.37. The van der Waals surface area contributed by atoms with Crippen LogP contribution in [0.5, 0.6) is 0 Å². The monoisotopic (exact) mass is 326 g/mol. The first kappa shape index (κ1) is 16.7. The third kappa shape index (κ3) is 4.20. The molecule has 0 aliphatic heterocycles. The lowest BCUT2D eigenvalue weighted by atomic mass is 9.97. The number of hydrogen-bond acceptors (Lipinski definition) is 2. The van der Waals surface area contributed by atoms with Gasteiger partial charge in [-0.1, -0.05) is 42.5 Å². The van der Waals surface area contributed by atoms with Gasteiger partial charge in [0.05, 0.1) is 6.04 Å². The standard InChI is InChI=1S/C20H23FN2O/c21-17-9-6-15(7-10-17)16-8-11-18(13-16)23-20(24)19(22)12-14-4-2-1-3-5-14/h1-7,9-10,16,18-19H,8,11-13,22H2,(H,23,24)/t16?,18?,19-/m1/s1. The van der Waals surface area contributed by atoms with E-state index in [4.69, 9.17) is 5.73 Å². The number of rotatable bonds is 5. The maximum absolute atomic E-state index is 13.0. The minimum absolute atomic E-state index is 0.0939. The lowest BCUT2D eigenvalue weighted by molar-refractivity contribution is -0.123. The fourth-order valence-corrected chi connectivity index (χ4v) is 3.42. The van der Waals surface area contributed by atoms with E-state index in [9.17, 15) is 9.18 Å². The molecular weight excluding hydrogens is 303 g/mol. The van der Waals surface area contributed by atoms with E-state index in [1.165, 1.54) is 12.1 Å². The van der Waals surface area contributed by atoms with Crippen molar-refractivity contribution in [2.75, 3.05) is 0 Å². The molecule has 3 atom stereocenters. The van der Waals surface area contributed by atoms with Crippen LogP contribution in [0.3, 0.4) is 0 Å². The molecular formula is C20H23FN2O. The number of carbonyl (C=O) groups excluding carboxylic acids is 1. The van der Waals surface area contributed by atoms with Crippen LogP contribution in [0.25, 0.3) is 0 Å². The van der Waals surface area contributed by atoms with Gasteiger partial charge in [0.2, 0.25) is 5.91 Å². The molecule has 3 N–H and O–H groups in total. The van der Waals surface area contributed by atoms with Crippen molar-refractivity contribution in [2.45, 2.75) is 43.7 Å². The normalized spacial score (nSPS) is 21.4. The number of benzene rings is 2. The van der Waals surface area contributed by atoms with E-state index in [1.807, 2.05) is 42.5 Å². The van der Waals surface area contributed by atoms with Crippen LogP contribution in [0.15, 0.2) is 54.6 Å². The van der Waals surface area contributed by atoms with Crippen molar-refractivity contribution < 1.29 is 9.18 Å². The van der Waals surface area contributed by atoms with Crippen LogP contribution in [0.2, 0.25) is 0 Å². The van der Waals surface area contributed by atoms with Crippen LogP contribution in [0.4, 0.5) is 4.39 Å². The van der Waals surface area contributed by atoms with Crippen LogP contribution in [-0.4, -0.2) is 18.0 Å². The molecule has 0 bridgehead atoms. The summed E-state index contributed by atoms with van der Waals surface area (Å²) in [5.41, 5.74) is 8.24. The van der Waals surface area contributed by atoms with Crippen LogP contribution >= 0.6 is 0 Å². The van der Waals surface area contributed by atoms with Gasteiger partial charge in [-0.15, -0.1) is 0 Å². The van der Waals surface area contributed by atoms with E-state index in [0.717, 1.165) is 30.4 Å². The second-order valence-electron chi connectivity index (χ2n) is 6.56. The Hall–Kier alpha value is -2.20. The highest BCUT2D eigenvalue weighted by molar-refractivity contribution is 5.82. The van der Waals surface area contributed by atoms with Crippen LogP contribution in [0, 0.1) is 5.82 Å². The molecule has 1 aliphatic rings. The molecule has 2 aromatic carbocycles. The number of hydrogen-bond donors (Lipinski definition) is 2. The van der Waals surface area contributed by atoms with Gasteiger partial charge in [-0.25, -0.2) is 4.39 Å². The van der Waals surface area contributed by atoms with Crippen molar-refractivity contribution in [2.24, 2.45) is 5.73 Å². The van der Waals surface area contributed by atoms with Crippen molar-refractivity contribution >= 4 is 5.91 Å². The zero-order valence-corrected chi connectivity index (χ0v) is 13.6. The molecule has 0 radical (unpaired) electrons. The van der Waals surface area contributed by atoms with E-state index in [-0.39, 0.29) is 17.8 Å². The summed E-state index contributed by atoms with van der Waals surface area (Å²) in [5.74, 6) is 0.0679. The van der Waals surface area contributed by atoms with E-state index in [0.29, 0.717) is 12.3 Å². The first-order valence-corrected chi connectivity index (χ1v) is 8.47. The molecule has 3 rings (SSSR count). The quantitative estimate of drug-likeness (QED) is 0.887. The Labute approximate surface area is 142 Å². The fourth-order valence-electron chi connectivity index (χ4n) is 3.42. The topological polar surface area (TPSA) is 55.1 Å². The van der Waals surface area contributed by atoms with E-state index in [2.05, 4.69) is 5.32 Å². The highest BCUT2D eigenvalue weighted by Gasteiger charge is 2.28. The summed E-state index contributed by atoms with van der Waals surface area (Å²) in [4.78, 5) is 12.3. The maximum Gasteiger partial charge on any atom is 0.237 e. The Balaban J connectivity index is 1.51. The summed E-state index contributed by atoms with van der Waals surface area (Å²) < 4.78 is 13.0. The molecule has 0 saturated heterocycles. The van der Waals surface area contributed by atoms with E-state index < -0.39 is 6.04 Å². The third-order valence-electron chi connectivity index (χ3n) is 4.76. The number of nitrogens with two attached hydrogens (primary N) is 1. The largest absolute Gasteiger partial charge is 0.352 e. The average Bonchev–Trinajstić information content (AvgIpc) is 3.05. The molecule has 2 aromatic rings. The van der Waals surface area contributed by atoms with Crippen molar-refractivity contribution in [3.63, 3.8) is 0 Å². The smallest absolute Gasteiger partial charge is 0.237 e. The van der Waals surface area contributed by atoms with Gasteiger partial charge < -0.3 is 11.1 Å². The van der Waals surface area contributed by atoms with Crippen molar-refractivity contribution in [1.29, 1.82) is 0 Å². The molecule has 1 aliphatic carbocycles. The summed E-state index contributed by atoms with van der Waals surface area (Å²) in [6, 6.07) is 16.1. The zero-order valence-electron chi connectivity index (χ0n) is 13.6. The van der Waals surface area contributed by atoms with Gasteiger partial charge in [0.1, 0.15) is 5.82 Å². The molecule has 0 aromatic heterocycles. The zero-order chi connectivity index (χ0) is 16.9. The molecule has 2 unspecified atom stereocenters. The van der Waals surface area contributed by atoms with Gasteiger partial charge in [-0.05, 0) is 54.9 Å². The van der Waals surface area contributed by atoms with Gasteiger partial charge in [0.25, 0.3) is 0 Å². The Morgan fingerprint density at radius 2 is 1.83 bits per heavy atom. The molecule has 1 saturated carbocycles. The lowest BCUT2D eigenvalue weighted by Crippen LogP contribution is -2.45. The lowest BCUT2D eigenvalue weighted by Gasteiger charge is -2.17. The number of halogens is 1. The predicted octanol–water partition coefficient (Wildman–Crippen LogP) is 3.15. The molecule has 3 nitrogen and oxygen atoms in total. The summed E-state index contributed by atoms with van der Waals surface area (Å²) >= 11 is 0. The van der Waals surface area contributed by atoms with E-state index in [1.54, 1.807) is 0 Å². The Kier molecular flexibility index (Phi) is 5.26. The molecule has 126 valence electrons. The van der Waals surface area contributed by atoms with Crippen molar-refractivity contribution in [3.05, 3.63) is 71.5 Å². The Morgan fingerprint density at radius 3 is 2.54 bits per heavy atom. The van der Waals surface area contributed by atoms with Crippen LogP contribution in [-0.2, 0) is 11.2 Å². The Bertz CT molecular complexity index is 672. The molecule has 4 heteroatoms. The second kappa shape index (κ2) is 7.58. The molecule has 0 heterocycles. The highest BCUT2D eigenvalue weighted by atomic mass is 19.1.